The topological polar surface area (TPSA) is 132 Å². The van der Waals surface area contributed by atoms with E-state index in [0.717, 1.165) is 42.7 Å². The van der Waals surface area contributed by atoms with Crippen LogP contribution in [0.25, 0.3) is 10.9 Å². The molecule has 3 aromatic rings. The molecule has 2 atom stereocenters. The van der Waals surface area contributed by atoms with Gasteiger partial charge in [0.05, 0.1) is 11.1 Å². The summed E-state index contributed by atoms with van der Waals surface area (Å²) in [4.78, 5) is 24.3. The van der Waals surface area contributed by atoms with Gasteiger partial charge in [0.1, 0.15) is 12.1 Å². The Hall–Kier alpha value is -3.33. The number of pyridine rings is 1. The van der Waals surface area contributed by atoms with E-state index in [1.807, 2.05) is 12.1 Å². The van der Waals surface area contributed by atoms with Crippen LogP contribution in [0.2, 0.25) is 0 Å². The number of aromatic nitrogens is 3. The number of nitrogens with zero attached hydrogens (tertiary/aromatic N) is 3. The molecular weight excluding hydrogens is 373 g/mol. The molecule has 1 saturated carbocycles. The quantitative estimate of drug-likeness (QED) is 0.522. The van der Waals surface area contributed by atoms with Crippen molar-refractivity contribution in [1.82, 2.24) is 15.0 Å². The SMILES string of the molecule is NC(=O)c1cc(F)c(NC2CCCCC2N)nc1Nc1ccc2ncncc2c1. The Morgan fingerprint density at radius 3 is 2.79 bits per heavy atom. The normalized spacial score (nSPS) is 19.1. The molecule has 6 N–H and O–H groups in total. The molecule has 2 heterocycles. The summed E-state index contributed by atoms with van der Waals surface area (Å²) in [5.74, 6) is -1.20. The van der Waals surface area contributed by atoms with Gasteiger partial charge >= 0.3 is 0 Å². The third-order valence-electron chi connectivity index (χ3n) is 5.15. The molecule has 2 unspecified atom stereocenters. The minimum absolute atomic E-state index is 0.0367. The molecule has 0 spiro atoms. The zero-order chi connectivity index (χ0) is 20.4. The highest BCUT2D eigenvalue weighted by atomic mass is 19.1. The highest BCUT2D eigenvalue weighted by molar-refractivity contribution is 5.99. The number of anilines is 3. The minimum atomic E-state index is -0.774. The van der Waals surface area contributed by atoms with E-state index in [0.29, 0.717) is 5.69 Å². The Balaban J connectivity index is 1.67. The van der Waals surface area contributed by atoms with Gasteiger partial charge < -0.3 is 22.1 Å². The number of hydrogen-bond acceptors (Lipinski definition) is 7. The second-order valence-electron chi connectivity index (χ2n) is 7.20. The fourth-order valence-corrected chi connectivity index (χ4v) is 3.59. The van der Waals surface area contributed by atoms with Gasteiger partial charge in [-0.15, -0.1) is 0 Å². The van der Waals surface area contributed by atoms with Crippen LogP contribution in [0.15, 0.2) is 36.8 Å². The molecule has 0 bridgehead atoms. The van der Waals surface area contributed by atoms with Crippen LogP contribution in [-0.4, -0.2) is 32.9 Å². The molecule has 0 saturated heterocycles. The average molecular weight is 395 g/mol. The number of fused-ring (bicyclic) bond motifs is 1. The van der Waals surface area contributed by atoms with E-state index in [4.69, 9.17) is 11.5 Å². The van der Waals surface area contributed by atoms with Gasteiger partial charge in [0.15, 0.2) is 11.6 Å². The summed E-state index contributed by atoms with van der Waals surface area (Å²) in [6, 6.07) is 6.37. The second-order valence-corrected chi connectivity index (χ2v) is 7.20. The van der Waals surface area contributed by atoms with Gasteiger partial charge in [-0.1, -0.05) is 12.8 Å². The standard InChI is InChI=1S/C20H22FN7O/c21-14-8-13(18(23)29)19(28-20(14)27-17-4-2-1-3-15(17)22)26-12-5-6-16-11(7-12)9-24-10-25-16/h5-10,15,17H,1-4,22H2,(H2,23,29)(H2,26,27,28). The zero-order valence-corrected chi connectivity index (χ0v) is 15.7. The first kappa shape index (κ1) is 19.0. The lowest BCUT2D eigenvalue weighted by atomic mass is 9.91. The van der Waals surface area contributed by atoms with Crippen LogP contribution in [-0.2, 0) is 0 Å². The summed E-state index contributed by atoms with van der Waals surface area (Å²) in [5, 5.41) is 6.97. The smallest absolute Gasteiger partial charge is 0.252 e. The number of amides is 1. The Kier molecular flexibility index (Phi) is 5.22. The van der Waals surface area contributed by atoms with Gasteiger partial charge in [-0.2, -0.15) is 0 Å². The first-order valence-corrected chi connectivity index (χ1v) is 9.50. The van der Waals surface area contributed by atoms with Crippen molar-refractivity contribution in [2.45, 2.75) is 37.8 Å². The van der Waals surface area contributed by atoms with Crippen LogP contribution in [0.4, 0.5) is 21.7 Å². The molecule has 1 fully saturated rings. The lowest BCUT2D eigenvalue weighted by Crippen LogP contribution is -2.43. The van der Waals surface area contributed by atoms with Crippen molar-refractivity contribution in [3.05, 3.63) is 48.2 Å². The maximum Gasteiger partial charge on any atom is 0.252 e. The summed E-state index contributed by atoms with van der Waals surface area (Å²) < 4.78 is 14.6. The first-order chi connectivity index (χ1) is 14.0. The fraction of sp³-hybridized carbons (Fsp3) is 0.300. The molecule has 0 radical (unpaired) electrons. The van der Waals surface area contributed by atoms with Crippen molar-refractivity contribution in [2.75, 3.05) is 10.6 Å². The second kappa shape index (κ2) is 7.96. The number of carbonyl (C=O) groups is 1. The fourth-order valence-electron chi connectivity index (χ4n) is 3.59. The molecular formula is C20H22FN7O. The number of halogens is 1. The molecule has 4 rings (SSSR count). The van der Waals surface area contributed by atoms with Crippen LogP contribution in [0.3, 0.4) is 0 Å². The molecule has 1 aliphatic rings. The Labute approximate surface area is 166 Å². The summed E-state index contributed by atoms with van der Waals surface area (Å²) >= 11 is 0. The van der Waals surface area contributed by atoms with Crippen LogP contribution >= 0.6 is 0 Å². The van der Waals surface area contributed by atoms with Gasteiger partial charge in [-0.3, -0.25) is 4.79 Å². The highest BCUT2D eigenvalue weighted by Gasteiger charge is 2.24. The maximum atomic E-state index is 14.6. The van der Waals surface area contributed by atoms with Crippen molar-refractivity contribution in [1.29, 1.82) is 0 Å². The van der Waals surface area contributed by atoms with Crippen LogP contribution < -0.4 is 22.1 Å². The van der Waals surface area contributed by atoms with Crippen LogP contribution in [0.1, 0.15) is 36.0 Å². The number of rotatable bonds is 5. The number of primary amides is 1. The van der Waals surface area contributed by atoms with E-state index in [1.165, 1.54) is 6.33 Å². The molecule has 0 aliphatic heterocycles. The summed E-state index contributed by atoms with van der Waals surface area (Å²) in [5.41, 5.74) is 13.0. The number of hydrogen-bond donors (Lipinski definition) is 4. The van der Waals surface area contributed by atoms with Gasteiger partial charge in [-0.05, 0) is 37.1 Å². The van der Waals surface area contributed by atoms with Crippen LogP contribution in [0, 0.1) is 5.82 Å². The lowest BCUT2D eigenvalue weighted by molar-refractivity contribution is 0.100. The number of benzene rings is 1. The zero-order valence-electron chi connectivity index (χ0n) is 15.7. The van der Waals surface area contributed by atoms with Crippen molar-refractivity contribution >= 4 is 34.1 Å². The van der Waals surface area contributed by atoms with Crippen molar-refractivity contribution in [2.24, 2.45) is 11.5 Å². The molecule has 8 nitrogen and oxygen atoms in total. The largest absolute Gasteiger partial charge is 0.365 e. The van der Waals surface area contributed by atoms with Crippen molar-refractivity contribution < 1.29 is 9.18 Å². The highest BCUT2D eigenvalue weighted by Crippen LogP contribution is 2.27. The number of nitrogens with one attached hydrogen (secondary N) is 2. The van der Waals surface area contributed by atoms with Gasteiger partial charge in [0, 0.05) is 29.4 Å². The average Bonchev–Trinajstić information content (AvgIpc) is 2.71. The van der Waals surface area contributed by atoms with E-state index >= 15 is 0 Å². The minimum Gasteiger partial charge on any atom is -0.365 e. The van der Waals surface area contributed by atoms with Gasteiger partial charge in [0.2, 0.25) is 0 Å². The first-order valence-electron chi connectivity index (χ1n) is 9.50. The Bertz CT molecular complexity index is 1060. The maximum absolute atomic E-state index is 14.6. The van der Waals surface area contributed by atoms with E-state index < -0.39 is 11.7 Å². The predicted octanol–water partition coefficient (Wildman–Crippen LogP) is 2.69. The molecule has 1 amide bonds. The predicted molar refractivity (Wildman–Crippen MR) is 109 cm³/mol. The number of carbonyl (C=O) groups excluding carboxylic acids is 1. The number of nitrogens with two attached hydrogens (primary N) is 2. The monoisotopic (exact) mass is 395 g/mol. The molecule has 2 aromatic heterocycles. The van der Waals surface area contributed by atoms with Crippen molar-refractivity contribution in [3.63, 3.8) is 0 Å². The summed E-state index contributed by atoms with van der Waals surface area (Å²) in [7, 11) is 0. The van der Waals surface area contributed by atoms with Gasteiger partial charge in [0.25, 0.3) is 5.91 Å². The van der Waals surface area contributed by atoms with E-state index in [-0.39, 0.29) is 29.3 Å². The van der Waals surface area contributed by atoms with E-state index in [9.17, 15) is 9.18 Å². The summed E-state index contributed by atoms with van der Waals surface area (Å²) in [6.07, 6.45) is 6.95. The molecule has 1 aromatic carbocycles. The van der Waals surface area contributed by atoms with Crippen molar-refractivity contribution in [3.8, 4) is 0 Å². The third-order valence-corrected chi connectivity index (χ3v) is 5.15. The summed E-state index contributed by atoms with van der Waals surface area (Å²) in [6.45, 7) is 0. The molecule has 29 heavy (non-hydrogen) atoms. The molecule has 9 heteroatoms. The van der Waals surface area contributed by atoms with E-state index in [2.05, 4.69) is 25.6 Å². The van der Waals surface area contributed by atoms with Gasteiger partial charge in [-0.25, -0.2) is 19.3 Å². The molecule has 150 valence electrons. The van der Waals surface area contributed by atoms with E-state index in [1.54, 1.807) is 12.3 Å². The Morgan fingerprint density at radius 2 is 2.00 bits per heavy atom. The Morgan fingerprint density at radius 1 is 1.17 bits per heavy atom. The third kappa shape index (κ3) is 4.09. The van der Waals surface area contributed by atoms with Crippen LogP contribution in [0.5, 0.6) is 0 Å². The lowest BCUT2D eigenvalue weighted by Gasteiger charge is -2.30. The molecule has 1 aliphatic carbocycles.